The Balaban J connectivity index is 0.00000243. The summed E-state index contributed by atoms with van der Waals surface area (Å²) in [5.41, 5.74) is 1.01. The van der Waals surface area contributed by atoms with E-state index in [0.29, 0.717) is 0 Å². The molecule has 2 heterocycles. The van der Waals surface area contributed by atoms with E-state index in [0.717, 1.165) is 61.9 Å². The number of fused-ring (bicyclic) bond motifs is 1. The van der Waals surface area contributed by atoms with Crippen LogP contribution in [0.15, 0.2) is 29.3 Å². The van der Waals surface area contributed by atoms with Crippen molar-refractivity contribution in [3.05, 3.63) is 47.3 Å². The molecule has 1 atom stereocenters. The first-order chi connectivity index (χ1) is 12.2. The Kier molecular flexibility index (Phi) is 7.80. The van der Waals surface area contributed by atoms with E-state index in [1.165, 1.54) is 6.07 Å². The summed E-state index contributed by atoms with van der Waals surface area (Å²) in [6.07, 6.45) is 3.83. The molecule has 0 saturated carbocycles. The lowest BCUT2D eigenvalue weighted by Gasteiger charge is -2.25. The Bertz CT molecular complexity index is 745. The smallest absolute Gasteiger partial charge is 0.191 e. The van der Waals surface area contributed by atoms with Crippen LogP contribution in [0.25, 0.3) is 0 Å². The van der Waals surface area contributed by atoms with Gasteiger partial charge >= 0.3 is 0 Å². The van der Waals surface area contributed by atoms with Gasteiger partial charge in [0, 0.05) is 20.1 Å². The Hall–Kier alpha value is -1.71. The molecule has 0 aliphatic carbocycles. The fraction of sp³-hybridized carbons (Fsp3) is 0.500. The number of guanidine groups is 1. The molecule has 0 bridgehead atoms. The number of halogens is 2. The maximum Gasteiger partial charge on any atom is 0.191 e. The number of aliphatic imine (C=N–C) groups is 1. The van der Waals surface area contributed by atoms with Crippen molar-refractivity contribution in [2.24, 2.45) is 4.99 Å². The molecule has 142 valence electrons. The third kappa shape index (κ3) is 5.39. The van der Waals surface area contributed by atoms with E-state index < -0.39 is 0 Å². The molecular formula is C18H26FIN6. The lowest BCUT2D eigenvalue weighted by atomic mass is 10.1. The van der Waals surface area contributed by atoms with Crippen molar-refractivity contribution in [1.82, 2.24) is 25.4 Å². The fourth-order valence-electron chi connectivity index (χ4n) is 3.16. The van der Waals surface area contributed by atoms with E-state index in [1.807, 2.05) is 17.7 Å². The lowest BCUT2D eigenvalue weighted by molar-refractivity contribution is 0.397. The Morgan fingerprint density at radius 1 is 1.42 bits per heavy atom. The van der Waals surface area contributed by atoms with Crippen molar-refractivity contribution in [3.63, 3.8) is 0 Å². The van der Waals surface area contributed by atoms with E-state index in [4.69, 9.17) is 0 Å². The number of hydrogen-bond acceptors (Lipinski definition) is 3. The van der Waals surface area contributed by atoms with E-state index >= 15 is 0 Å². The van der Waals surface area contributed by atoms with Crippen LogP contribution in [0.3, 0.4) is 0 Å². The second kappa shape index (κ2) is 9.84. The molecular weight excluding hydrogens is 446 g/mol. The van der Waals surface area contributed by atoms with Crippen LogP contribution in [0.5, 0.6) is 0 Å². The van der Waals surface area contributed by atoms with E-state index in [1.54, 1.807) is 19.2 Å². The van der Waals surface area contributed by atoms with Crippen molar-refractivity contribution in [3.8, 4) is 0 Å². The summed E-state index contributed by atoms with van der Waals surface area (Å²) in [5, 5.41) is 11.2. The van der Waals surface area contributed by atoms with Gasteiger partial charge in [-0.3, -0.25) is 4.99 Å². The van der Waals surface area contributed by atoms with Crippen LogP contribution in [-0.2, 0) is 13.0 Å². The highest BCUT2D eigenvalue weighted by Crippen LogP contribution is 2.22. The predicted molar refractivity (Wildman–Crippen MR) is 111 cm³/mol. The highest BCUT2D eigenvalue weighted by atomic mass is 127. The molecule has 0 amide bonds. The van der Waals surface area contributed by atoms with Gasteiger partial charge in [0.1, 0.15) is 17.5 Å². The molecule has 1 aromatic carbocycles. The molecule has 3 rings (SSSR count). The molecule has 0 spiro atoms. The minimum Gasteiger partial charge on any atom is -0.356 e. The molecule has 1 aliphatic rings. The predicted octanol–water partition coefficient (Wildman–Crippen LogP) is 2.98. The Morgan fingerprint density at radius 2 is 2.27 bits per heavy atom. The second-order valence-corrected chi connectivity index (χ2v) is 6.31. The average Bonchev–Trinajstić information content (AvgIpc) is 2.99. The van der Waals surface area contributed by atoms with Gasteiger partial charge in [-0.25, -0.2) is 14.1 Å². The van der Waals surface area contributed by atoms with Gasteiger partial charge in [0.2, 0.25) is 0 Å². The van der Waals surface area contributed by atoms with Crippen LogP contribution in [0.2, 0.25) is 0 Å². The lowest BCUT2D eigenvalue weighted by Crippen LogP contribution is -2.41. The molecule has 0 fully saturated rings. The highest BCUT2D eigenvalue weighted by molar-refractivity contribution is 14.0. The summed E-state index contributed by atoms with van der Waals surface area (Å²) in [5.74, 6) is 2.37. The summed E-state index contributed by atoms with van der Waals surface area (Å²) in [4.78, 5) is 8.83. The van der Waals surface area contributed by atoms with Crippen LogP contribution < -0.4 is 10.6 Å². The third-order valence-electron chi connectivity index (χ3n) is 4.34. The minimum atomic E-state index is -0.181. The van der Waals surface area contributed by atoms with Gasteiger partial charge in [-0.05, 0) is 50.3 Å². The first kappa shape index (κ1) is 20.6. The minimum absolute atomic E-state index is 0. The molecule has 0 saturated heterocycles. The number of nitrogens with one attached hydrogen (secondary N) is 2. The zero-order valence-corrected chi connectivity index (χ0v) is 17.5. The molecule has 1 unspecified atom stereocenters. The molecule has 0 radical (unpaired) electrons. The van der Waals surface area contributed by atoms with Gasteiger partial charge in [-0.2, -0.15) is 5.10 Å². The van der Waals surface area contributed by atoms with Crippen LogP contribution in [0.1, 0.15) is 42.5 Å². The van der Waals surface area contributed by atoms with Crippen LogP contribution in [0, 0.1) is 12.7 Å². The third-order valence-corrected chi connectivity index (χ3v) is 4.34. The number of nitrogens with zero attached hydrogens (tertiary/aromatic N) is 4. The van der Waals surface area contributed by atoms with Gasteiger partial charge in [-0.15, -0.1) is 24.0 Å². The highest BCUT2D eigenvalue weighted by Gasteiger charge is 2.24. The largest absolute Gasteiger partial charge is 0.356 e. The quantitative estimate of drug-likeness (QED) is 0.304. The summed E-state index contributed by atoms with van der Waals surface area (Å²) >= 11 is 0. The summed E-state index contributed by atoms with van der Waals surface area (Å²) in [6, 6.07) is 6.89. The van der Waals surface area contributed by atoms with Crippen LogP contribution in [-0.4, -0.2) is 34.3 Å². The van der Waals surface area contributed by atoms with E-state index in [-0.39, 0.29) is 35.8 Å². The first-order valence-electron chi connectivity index (χ1n) is 8.78. The summed E-state index contributed by atoms with van der Waals surface area (Å²) in [6.45, 7) is 3.62. The number of benzene rings is 1. The molecule has 2 aromatic rings. The van der Waals surface area contributed by atoms with Crippen molar-refractivity contribution in [2.75, 3.05) is 13.6 Å². The zero-order chi connectivity index (χ0) is 17.6. The topological polar surface area (TPSA) is 67.1 Å². The molecule has 26 heavy (non-hydrogen) atoms. The molecule has 8 heteroatoms. The SMILES string of the molecule is CN=C(NCCCc1cccc(F)c1)NC1CCCn2nc(C)nc21.I. The average molecular weight is 472 g/mol. The van der Waals surface area contributed by atoms with Gasteiger partial charge < -0.3 is 10.6 Å². The van der Waals surface area contributed by atoms with Gasteiger partial charge in [0.25, 0.3) is 0 Å². The number of rotatable bonds is 5. The Labute approximate surface area is 170 Å². The van der Waals surface area contributed by atoms with Crippen molar-refractivity contribution >= 4 is 29.9 Å². The normalized spacial score (nSPS) is 16.6. The summed E-state index contributed by atoms with van der Waals surface area (Å²) < 4.78 is 15.2. The van der Waals surface area contributed by atoms with Gasteiger partial charge in [0.05, 0.1) is 6.04 Å². The van der Waals surface area contributed by atoms with Crippen molar-refractivity contribution < 1.29 is 4.39 Å². The maximum atomic E-state index is 13.2. The van der Waals surface area contributed by atoms with E-state index in [2.05, 4.69) is 25.7 Å². The van der Waals surface area contributed by atoms with Gasteiger partial charge in [0.15, 0.2) is 5.96 Å². The van der Waals surface area contributed by atoms with Crippen LogP contribution in [0.4, 0.5) is 4.39 Å². The molecule has 2 N–H and O–H groups in total. The van der Waals surface area contributed by atoms with Crippen molar-refractivity contribution in [1.29, 1.82) is 0 Å². The number of aryl methyl sites for hydroxylation is 3. The first-order valence-corrected chi connectivity index (χ1v) is 8.78. The number of hydrogen-bond donors (Lipinski definition) is 2. The molecule has 1 aromatic heterocycles. The molecule has 1 aliphatic heterocycles. The molecule has 6 nitrogen and oxygen atoms in total. The van der Waals surface area contributed by atoms with Crippen molar-refractivity contribution in [2.45, 2.75) is 45.2 Å². The second-order valence-electron chi connectivity index (χ2n) is 6.31. The number of aromatic nitrogens is 3. The summed E-state index contributed by atoms with van der Waals surface area (Å²) in [7, 11) is 1.76. The standard InChI is InChI=1S/C18H25FN6.HI/c1-13-22-17-16(9-5-11-25(17)24-13)23-18(20-2)21-10-4-7-14-6-3-8-15(19)12-14;/h3,6,8,12,16H,4-5,7,9-11H2,1-2H3,(H2,20,21,23);1H. The fourth-order valence-corrected chi connectivity index (χ4v) is 3.16. The van der Waals surface area contributed by atoms with E-state index in [9.17, 15) is 4.39 Å². The maximum absolute atomic E-state index is 13.2. The Morgan fingerprint density at radius 3 is 3.04 bits per heavy atom. The van der Waals surface area contributed by atoms with Gasteiger partial charge in [-0.1, -0.05) is 12.1 Å². The monoisotopic (exact) mass is 472 g/mol. The zero-order valence-electron chi connectivity index (χ0n) is 15.2. The van der Waals surface area contributed by atoms with Crippen LogP contribution >= 0.6 is 24.0 Å².